The largest absolute Gasteiger partial charge is 0.573 e. The van der Waals surface area contributed by atoms with Crippen LogP contribution in [-0.4, -0.2) is 29.6 Å². The van der Waals surface area contributed by atoms with Gasteiger partial charge in [0, 0.05) is 31.2 Å². The molecule has 0 radical (unpaired) electrons. The number of Topliss-reactive ketones (excluding diaryl/α,β-unsaturated/α-hetero) is 1. The van der Waals surface area contributed by atoms with E-state index in [9.17, 15) is 27.2 Å². The summed E-state index contributed by atoms with van der Waals surface area (Å²) in [5.41, 5.74) is 0.360. The number of anilines is 1. The first-order chi connectivity index (χ1) is 13.1. The molecule has 1 amide bonds. The Kier molecular flexibility index (Phi) is 6.91. The van der Waals surface area contributed by atoms with Crippen molar-refractivity contribution in [2.75, 3.05) is 11.9 Å². The van der Waals surface area contributed by atoms with E-state index in [0.717, 1.165) is 18.2 Å². The summed E-state index contributed by atoms with van der Waals surface area (Å²) < 4.78 is 58.6. The van der Waals surface area contributed by atoms with Crippen LogP contribution in [0.1, 0.15) is 30.1 Å². The molecule has 0 aliphatic carbocycles. The summed E-state index contributed by atoms with van der Waals surface area (Å²) in [5, 5.41) is 2.47. The zero-order valence-electron chi connectivity index (χ0n) is 14.7. The molecule has 1 N–H and O–H groups in total. The summed E-state index contributed by atoms with van der Waals surface area (Å²) in [5.74, 6) is -2.43. The van der Waals surface area contributed by atoms with Crippen LogP contribution in [0.3, 0.4) is 0 Å². The molecular weight excluding hydrogens is 384 g/mol. The van der Waals surface area contributed by atoms with Gasteiger partial charge in [-0.3, -0.25) is 9.59 Å². The van der Waals surface area contributed by atoms with Crippen molar-refractivity contribution in [2.24, 2.45) is 0 Å². The van der Waals surface area contributed by atoms with Crippen molar-refractivity contribution >= 4 is 17.5 Å². The Morgan fingerprint density at radius 2 is 1.93 bits per heavy atom. The van der Waals surface area contributed by atoms with Crippen LogP contribution < -0.4 is 14.8 Å². The second-order valence-electron chi connectivity index (χ2n) is 5.63. The van der Waals surface area contributed by atoms with Crippen molar-refractivity contribution in [2.45, 2.75) is 26.1 Å². The van der Waals surface area contributed by atoms with Crippen molar-refractivity contribution in [1.29, 1.82) is 0 Å². The number of halogens is 4. The molecule has 0 saturated heterocycles. The highest BCUT2D eigenvalue weighted by molar-refractivity contribution is 5.97. The molecule has 0 spiro atoms. The van der Waals surface area contributed by atoms with Gasteiger partial charge in [-0.05, 0) is 30.7 Å². The van der Waals surface area contributed by atoms with Gasteiger partial charge in [0.25, 0.3) is 0 Å². The number of rotatable bonds is 8. The molecule has 1 heterocycles. The lowest BCUT2D eigenvalue weighted by Crippen LogP contribution is -2.17. The lowest BCUT2D eigenvalue weighted by Gasteiger charge is -2.11. The average Bonchev–Trinajstić information content (AvgIpc) is 2.59. The average molecular weight is 400 g/mol. The van der Waals surface area contributed by atoms with Gasteiger partial charge in [0.1, 0.15) is 11.6 Å². The second kappa shape index (κ2) is 9.16. The van der Waals surface area contributed by atoms with E-state index in [1.54, 1.807) is 0 Å². The number of benzene rings is 1. The Balaban J connectivity index is 1.83. The van der Waals surface area contributed by atoms with Crippen LogP contribution >= 0.6 is 0 Å². The summed E-state index contributed by atoms with van der Waals surface area (Å²) in [6.07, 6.45) is -3.20. The third-order valence-electron chi connectivity index (χ3n) is 3.33. The van der Waals surface area contributed by atoms with E-state index in [0.29, 0.717) is 12.0 Å². The maximum Gasteiger partial charge on any atom is 0.573 e. The monoisotopic (exact) mass is 400 g/mol. The number of carbonyl (C=O) groups is 2. The number of carbonyl (C=O) groups excluding carboxylic acids is 2. The molecule has 0 atom stereocenters. The Bertz CT molecular complexity index is 856. The van der Waals surface area contributed by atoms with Crippen molar-refractivity contribution < 1.29 is 36.6 Å². The molecular formula is C18H16F4N2O4. The van der Waals surface area contributed by atoms with Crippen molar-refractivity contribution in [3.8, 4) is 11.5 Å². The number of hydrogen-bond donors (Lipinski definition) is 1. The number of ether oxygens (including phenoxy) is 2. The number of ketones is 1. The number of amides is 1. The highest BCUT2D eigenvalue weighted by Crippen LogP contribution is 2.28. The van der Waals surface area contributed by atoms with Gasteiger partial charge in [-0.1, -0.05) is 0 Å². The fraction of sp³-hybridized carbons (Fsp3) is 0.278. The second-order valence-corrected chi connectivity index (χ2v) is 5.63. The molecule has 0 aliphatic heterocycles. The van der Waals surface area contributed by atoms with Crippen LogP contribution in [0.4, 0.5) is 23.4 Å². The van der Waals surface area contributed by atoms with Crippen LogP contribution in [0.5, 0.6) is 11.5 Å². The molecule has 0 bridgehead atoms. The fourth-order valence-corrected chi connectivity index (χ4v) is 2.20. The first kappa shape index (κ1) is 21.1. The molecule has 0 saturated carbocycles. The molecule has 10 heteroatoms. The van der Waals surface area contributed by atoms with E-state index in [-0.39, 0.29) is 36.3 Å². The Labute approximate surface area is 157 Å². The van der Waals surface area contributed by atoms with E-state index in [4.69, 9.17) is 4.74 Å². The minimum atomic E-state index is -4.99. The van der Waals surface area contributed by atoms with Crippen LogP contribution in [0.2, 0.25) is 0 Å². The molecule has 28 heavy (non-hydrogen) atoms. The maximum atomic E-state index is 13.6. The third-order valence-corrected chi connectivity index (χ3v) is 3.33. The Morgan fingerprint density at radius 3 is 2.57 bits per heavy atom. The number of nitrogens with one attached hydrogen (secondary N) is 1. The topological polar surface area (TPSA) is 77.5 Å². The smallest absolute Gasteiger partial charge is 0.493 e. The van der Waals surface area contributed by atoms with Crippen LogP contribution in [-0.2, 0) is 4.79 Å². The van der Waals surface area contributed by atoms with E-state index in [2.05, 4.69) is 15.0 Å². The molecule has 1 aromatic carbocycles. The Morgan fingerprint density at radius 1 is 1.18 bits per heavy atom. The van der Waals surface area contributed by atoms with E-state index in [1.807, 2.05) is 0 Å². The van der Waals surface area contributed by atoms with E-state index >= 15 is 0 Å². The number of aromatic nitrogens is 1. The van der Waals surface area contributed by atoms with Gasteiger partial charge >= 0.3 is 6.36 Å². The van der Waals surface area contributed by atoms with Gasteiger partial charge in [0.05, 0.1) is 6.61 Å². The van der Waals surface area contributed by atoms with E-state index < -0.39 is 17.9 Å². The lowest BCUT2D eigenvalue weighted by molar-refractivity contribution is -0.275. The van der Waals surface area contributed by atoms with Crippen molar-refractivity contribution in [1.82, 2.24) is 4.98 Å². The van der Waals surface area contributed by atoms with Crippen LogP contribution in [0.25, 0.3) is 0 Å². The maximum absolute atomic E-state index is 13.6. The first-order valence-corrected chi connectivity index (χ1v) is 8.09. The quantitative estimate of drug-likeness (QED) is 0.410. The van der Waals surface area contributed by atoms with Gasteiger partial charge < -0.3 is 14.8 Å². The summed E-state index contributed by atoms with van der Waals surface area (Å²) in [4.78, 5) is 27.1. The Hall–Kier alpha value is -3.17. The molecule has 1 aromatic heterocycles. The normalized spacial score (nSPS) is 11.0. The molecule has 0 aliphatic rings. The standard InChI is InChI=1S/C18H16F4N2O4/c1-11(25)24-17-9-12(6-7-23-17)15(26)3-2-8-27-13-4-5-16(14(19)10-13)28-18(20,21)22/h4-7,9-10H,2-3,8H2,1H3,(H,23,24,25). The zero-order chi connectivity index (χ0) is 20.7. The van der Waals surface area contributed by atoms with Crippen molar-refractivity contribution in [3.05, 3.63) is 47.9 Å². The van der Waals surface area contributed by atoms with Crippen LogP contribution in [0.15, 0.2) is 36.5 Å². The van der Waals surface area contributed by atoms with Gasteiger partial charge in [-0.15, -0.1) is 13.2 Å². The number of alkyl halides is 3. The first-order valence-electron chi connectivity index (χ1n) is 8.09. The van der Waals surface area contributed by atoms with E-state index in [1.165, 1.54) is 25.3 Å². The van der Waals surface area contributed by atoms with Gasteiger partial charge in [-0.25, -0.2) is 9.37 Å². The SMILES string of the molecule is CC(=O)Nc1cc(C(=O)CCCOc2ccc(OC(F)(F)F)c(F)c2)ccn1. The number of nitrogens with zero attached hydrogens (tertiary/aromatic N) is 1. The lowest BCUT2D eigenvalue weighted by atomic mass is 10.1. The predicted molar refractivity (Wildman–Crippen MR) is 90.7 cm³/mol. The fourth-order valence-electron chi connectivity index (χ4n) is 2.20. The molecule has 0 fully saturated rings. The molecule has 6 nitrogen and oxygen atoms in total. The summed E-state index contributed by atoms with van der Waals surface area (Å²) in [6, 6.07) is 5.66. The van der Waals surface area contributed by atoms with Gasteiger partial charge in [-0.2, -0.15) is 0 Å². The third kappa shape index (κ3) is 6.86. The minimum Gasteiger partial charge on any atom is -0.493 e. The summed E-state index contributed by atoms with van der Waals surface area (Å²) in [6.45, 7) is 1.37. The highest BCUT2D eigenvalue weighted by atomic mass is 19.4. The number of hydrogen-bond acceptors (Lipinski definition) is 5. The van der Waals surface area contributed by atoms with Crippen molar-refractivity contribution in [3.63, 3.8) is 0 Å². The molecule has 2 rings (SSSR count). The predicted octanol–water partition coefficient (Wildman–Crippen LogP) is 4.12. The minimum absolute atomic E-state index is 0.0105. The summed E-state index contributed by atoms with van der Waals surface area (Å²) in [7, 11) is 0. The highest BCUT2D eigenvalue weighted by Gasteiger charge is 2.32. The molecule has 150 valence electrons. The van der Waals surface area contributed by atoms with Crippen LogP contribution in [0, 0.1) is 5.82 Å². The molecule has 0 unspecified atom stereocenters. The summed E-state index contributed by atoms with van der Waals surface area (Å²) >= 11 is 0. The zero-order valence-corrected chi connectivity index (χ0v) is 14.7. The van der Waals surface area contributed by atoms with Gasteiger partial charge in [0.2, 0.25) is 5.91 Å². The molecule has 2 aromatic rings. The van der Waals surface area contributed by atoms with Gasteiger partial charge in [0.15, 0.2) is 17.3 Å². The number of pyridine rings is 1.